The predicted octanol–water partition coefficient (Wildman–Crippen LogP) is 2.43. The lowest BCUT2D eigenvalue weighted by atomic mass is 9.65. The second kappa shape index (κ2) is 8.21. The molecule has 1 aromatic carbocycles. The highest BCUT2D eigenvalue weighted by Gasteiger charge is 2.55. The van der Waals surface area contributed by atoms with Gasteiger partial charge in [-0.05, 0) is 24.5 Å². The van der Waals surface area contributed by atoms with Gasteiger partial charge in [-0.1, -0.05) is 37.5 Å². The SMILES string of the molecule is COCCN1C(=O)c2ccccc2[C@H](C(=O)N2CCOCC2)C12CCCCC2. The number of nitrogens with zero attached hydrogens (tertiary/aromatic N) is 2. The molecule has 0 bridgehead atoms. The second-order valence-corrected chi connectivity index (χ2v) is 8.07. The van der Waals surface area contributed by atoms with Gasteiger partial charge in [0.25, 0.3) is 5.91 Å². The molecule has 3 aliphatic rings. The summed E-state index contributed by atoms with van der Waals surface area (Å²) in [5.41, 5.74) is 1.12. The van der Waals surface area contributed by atoms with Crippen LogP contribution in [0.15, 0.2) is 24.3 Å². The standard InChI is InChI=1S/C22H30N2O4/c1-27-14-13-24-20(25)18-8-4-3-7-17(18)19(22(24)9-5-2-6-10-22)21(26)23-11-15-28-16-12-23/h3-4,7-8,19H,2,5-6,9-16H2,1H3/t19-/m1/s1. The molecule has 1 spiro atoms. The molecular weight excluding hydrogens is 356 g/mol. The highest BCUT2D eigenvalue weighted by molar-refractivity contribution is 6.02. The van der Waals surface area contributed by atoms with Crippen molar-refractivity contribution in [2.75, 3.05) is 46.6 Å². The van der Waals surface area contributed by atoms with Gasteiger partial charge >= 0.3 is 0 Å². The Balaban J connectivity index is 1.81. The third-order valence-electron chi connectivity index (χ3n) is 6.63. The summed E-state index contributed by atoms with van der Waals surface area (Å²) in [6, 6.07) is 7.69. The lowest BCUT2D eigenvalue weighted by Crippen LogP contribution is -2.63. The zero-order valence-electron chi connectivity index (χ0n) is 16.7. The second-order valence-electron chi connectivity index (χ2n) is 8.07. The number of rotatable bonds is 4. The average Bonchev–Trinajstić information content (AvgIpc) is 2.75. The van der Waals surface area contributed by atoms with Crippen molar-refractivity contribution in [1.29, 1.82) is 0 Å². The van der Waals surface area contributed by atoms with Crippen LogP contribution in [0.5, 0.6) is 0 Å². The van der Waals surface area contributed by atoms with Gasteiger partial charge in [0.15, 0.2) is 0 Å². The predicted molar refractivity (Wildman–Crippen MR) is 105 cm³/mol. The van der Waals surface area contributed by atoms with Crippen LogP contribution in [0, 0.1) is 0 Å². The maximum atomic E-state index is 13.8. The fourth-order valence-electron chi connectivity index (χ4n) is 5.29. The first-order valence-corrected chi connectivity index (χ1v) is 10.5. The summed E-state index contributed by atoms with van der Waals surface area (Å²) in [4.78, 5) is 31.2. The van der Waals surface area contributed by atoms with E-state index in [-0.39, 0.29) is 17.7 Å². The Kier molecular flexibility index (Phi) is 5.69. The molecule has 28 heavy (non-hydrogen) atoms. The van der Waals surface area contributed by atoms with E-state index in [1.165, 1.54) is 0 Å². The van der Waals surface area contributed by atoms with Crippen LogP contribution in [0.4, 0.5) is 0 Å². The van der Waals surface area contributed by atoms with Crippen molar-refractivity contribution < 1.29 is 19.1 Å². The van der Waals surface area contributed by atoms with Crippen LogP contribution in [0.1, 0.15) is 53.9 Å². The maximum Gasteiger partial charge on any atom is 0.254 e. The van der Waals surface area contributed by atoms with E-state index in [0.29, 0.717) is 45.0 Å². The first-order chi connectivity index (χ1) is 13.7. The first-order valence-electron chi connectivity index (χ1n) is 10.5. The topological polar surface area (TPSA) is 59.1 Å². The fraction of sp³-hybridized carbons (Fsp3) is 0.636. The minimum absolute atomic E-state index is 0.0422. The molecular formula is C22H30N2O4. The minimum Gasteiger partial charge on any atom is -0.383 e. The molecule has 6 nitrogen and oxygen atoms in total. The van der Waals surface area contributed by atoms with Crippen LogP contribution in [0.25, 0.3) is 0 Å². The third-order valence-corrected chi connectivity index (χ3v) is 6.63. The Hall–Kier alpha value is -1.92. The van der Waals surface area contributed by atoms with Crippen LogP contribution >= 0.6 is 0 Å². The summed E-state index contributed by atoms with van der Waals surface area (Å²) in [5, 5.41) is 0. The van der Waals surface area contributed by atoms with Crippen molar-refractivity contribution in [3.63, 3.8) is 0 Å². The number of benzene rings is 1. The molecule has 0 N–H and O–H groups in total. The minimum atomic E-state index is -0.447. The van der Waals surface area contributed by atoms with Gasteiger partial charge in [-0.2, -0.15) is 0 Å². The van der Waals surface area contributed by atoms with Gasteiger partial charge in [0.05, 0.1) is 31.3 Å². The highest BCUT2D eigenvalue weighted by Crippen LogP contribution is 2.49. The van der Waals surface area contributed by atoms with E-state index >= 15 is 0 Å². The molecule has 1 saturated carbocycles. The number of amides is 2. The van der Waals surface area contributed by atoms with E-state index in [1.54, 1.807) is 7.11 Å². The van der Waals surface area contributed by atoms with E-state index in [9.17, 15) is 9.59 Å². The van der Waals surface area contributed by atoms with E-state index in [4.69, 9.17) is 9.47 Å². The molecule has 2 amide bonds. The molecule has 1 aromatic rings. The van der Waals surface area contributed by atoms with E-state index in [0.717, 1.165) is 37.7 Å². The molecule has 0 unspecified atom stereocenters. The quantitative estimate of drug-likeness (QED) is 0.798. The van der Waals surface area contributed by atoms with Crippen molar-refractivity contribution in [2.45, 2.75) is 43.6 Å². The van der Waals surface area contributed by atoms with Gasteiger partial charge in [0.2, 0.25) is 5.91 Å². The van der Waals surface area contributed by atoms with E-state index < -0.39 is 5.54 Å². The Morgan fingerprint density at radius 2 is 1.89 bits per heavy atom. The molecule has 1 saturated heterocycles. The zero-order valence-corrected chi connectivity index (χ0v) is 16.7. The highest BCUT2D eigenvalue weighted by atomic mass is 16.5. The monoisotopic (exact) mass is 386 g/mol. The van der Waals surface area contributed by atoms with E-state index in [2.05, 4.69) is 0 Å². The van der Waals surface area contributed by atoms with Crippen LogP contribution in [0.3, 0.4) is 0 Å². The Morgan fingerprint density at radius 1 is 1.18 bits per heavy atom. The van der Waals surface area contributed by atoms with Gasteiger partial charge < -0.3 is 19.3 Å². The van der Waals surface area contributed by atoms with Crippen LogP contribution in [0.2, 0.25) is 0 Å². The first kappa shape index (κ1) is 19.4. The summed E-state index contributed by atoms with van der Waals surface area (Å²) < 4.78 is 10.8. The number of fused-ring (bicyclic) bond motifs is 1. The molecule has 6 heteroatoms. The van der Waals surface area contributed by atoms with Crippen LogP contribution in [-0.4, -0.2) is 73.7 Å². The lowest BCUT2D eigenvalue weighted by molar-refractivity contribution is -0.142. The normalized spacial score (nSPS) is 24.3. The number of carbonyl (C=O) groups is 2. The molecule has 0 radical (unpaired) electrons. The number of ether oxygens (including phenoxy) is 2. The summed E-state index contributed by atoms with van der Waals surface area (Å²) in [6.45, 7) is 3.42. The summed E-state index contributed by atoms with van der Waals surface area (Å²) in [5.74, 6) is -0.121. The summed E-state index contributed by atoms with van der Waals surface area (Å²) >= 11 is 0. The molecule has 4 rings (SSSR count). The zero-order chi connectivity index (χ0) is 19.6. The van der Waals surface area contributed by atoms with Crippen molar-refractivity contribution in [3.05, 3.63) is 35.4 Å². The Morgan fingerprint density at radius 3 is 2.61 bits per heavy atom. The summed E-state index contributed by atoms with van der Waals surface area (Å²) in [6.07, 6.45) is 5.00. The molecule has 2 heterocycles. The average molecular weight is 386 g/mol. The van der Waals surface area contributed by atoms with Crippen molar-refractivity contribution in [1.82, 2.24) is 9.80 Å². The maximum absolute atomic E-state index is 13.8. The van der Waals surface area contributed by atoms with Crippen LogP contribution in [-0.2, 0) is 14.3 Å². The van der Waals surface area contributed by atoms with Gasteiger partial charge in [-0.3, -0.25) is 9.59 Å². The number of morpholine rings is 1. The Labute approximate surface area is 166 Å². The number of carbonyl (C=O) groups excluding carboxylic acids is 2. The van der Waals surface area contributed by atoms with Crippen molar-refractivity contribution >= 4 is 11.8 Å². The number of hydrogen-bond acceptors (Lipinski definition) is 4. The van der Waals surface area contributed by atoms with Gasteiger partial charge in [-0.25, -0.2) is 0 Å². The molecule has 0 aromatic heterocycles. The van der Waals surface area contributed by atoms with Gasteiger partial charge in [0.1, 0.15) is 0 Å². The largest absolute Gasteiger partial charge is 0.383 e. The van der Waals surface area contributed by atoms with Gasteiger partial charge in [-0.15, -0.1) is 0 Å². The molecule has 2 fully saturated rings. The smallest absolute Gasteiger partial charge is 0.254 e. The molecule has 2 aliphatic heterocycles. The Bertz CT molecular complexity index is 723. The number of methoxy groups -OCH3 is 1. The number of hydrogen-bond donors (Lipinski definition) is 0. The third kappa shape index (κ3) is 3.22. The molecule has 1 aliphatic carbocycles. The fourth-order valence-corrected chi connectivity index (χ4v) is 5.29. The van der Waals surface area contributed by atoms with Crippen molar-refractivity contribution in [2.24, 2.45) is 0 Å². The van der Waals surface area contributed by atoms with Crippen LogP contribution < -0.4 is 0 Å². The van der Waals surface area contributed by atoms with E-state index in [1.807, 2.05) is 34.1 Å². The molecule has 152 valence electrons. The summed E-state index contributed by atoms with van der Waals surface area (Å²) in [7, 11) is 1.66. The molecule has 1 atom stereocenters. The van der Waals surface area contributed by atoms with Gasteiger partial charge in [0, 0.05) is 32.3 Å². The van der Waals surface area contributed by atoms with Crippen molar-refractivity contribution in [3.8, 4) is 0 Å². The lowest BCUT2D eigenvalue weighted by Gasteiger charge is -2.54.